The molecule has 0 bridgehead atoms. The van der Waals surface area contributed by atoms with E-state index in [0.717, 1.165) is 57.8 Å². The molecule has 0 spiro atoms. The quantitative estimate of drug-likeness (QED) is 0.266. The summed E-state index contributed by atoms with van der Waals surface area (Å²) in [5.41, 5.74) is 2.77. The summed E-state index contributed by atoms with van der Waals surface area (Å²) in [7, 11) is 2.18. The molecule has 45 heavy (non-hydrogen) atoms. The standard InChI is InChI=1S/C33H40FN9O2/c1-5-31(44)37-29-19-26(42-12-10-25(11-13-42)43-16-14-41(4)15-17-43)7-9-27(29)39-33-36-21-23(20-35)32(40-33)38-28-8-6-24(34)18-30(28)45-22(2)3/h5-9,18-19,21-22,25H,1,10-17H2,2-4H3,(H,37,44)(H2,36,38,39,40). The maximum atomic E-state index is 14.0. The molecule has 2 aliphatic rings. The number of aromatic nitrogens is 2. The summed E-state index contributed by atoms with van der Waals surface area (Å²) in [5.74, 6) is -0.0918. The maximum Gasteiger partial charge on any atom is 0.247 e. The van der Waals surface area contributed by atoms with Gasteiger partial charge in [-0.3, -0.25) is 9.69 Å². The molecule has 0 unspecified atom stereocenters. The molecule has 3 heterocycles. The molecule has 12 heteroatoms. The molecule has 2 saturated heterocycles. The summed E-state index contributed by atoms with van der Waals surface area (Å²) in [6, 6.07) is 12.6. The summed E-state index contributed by atoms with van der Waals surface area (Å²) in [4.78, 5) is 28.6. The minimum absolute atomic E-state index is 0.191. The van der Waals surface area contributed by atoms with Gasteiger partial charge in [0.1, 0.15) is 23.2 Å². The third-order valence-corrected chi connectivity index (χ3v) is 8.05. The number of piperazine rings is 1. The first-order valence-electron chi connectivity index (χ1n) is 15.2. The molecule has 0 aliphatic carbocycles. The number of halogens is 1. The number of rotatable bonds is 10. The Hall–Kier alpha value is -4.73. The third-order valence-electron chi connectivity index (χ3n) is 8.05. The van der Waals surface area contributed by atoms with Gasteiger partial charge in [0, 0.05) is 57.1 Å². The van der Waals surface area contributed by atoms with Crippen molar-refractivity contribution in [2.24, 2.45) is 0 Å². The summed E-state index contributed by atoms with van der Waals surface area (Å²) in [6.45, 7) is 13.6. The van der Waals surface area contributed by atoms with E-state index < -0.39 is 5.82 Å². The monoisotopic (exact) mass is 613 g/mol. The molecule has 1 aromatic heterocycles. The normalized spacial score (nSPS) is 16.2. The van der Waals surface area contributed by atoms with E-state index in [-0.39, 0.29) is 29.3 Å². The second-order valence-electron chi connectivity index (χ2n) is 11.6. The van der Waals surface area contributed by atoms with Gasteiger partial charge >= 0.3 is 0 Å². The molecule has 3 N–H and O–H groups in total. The van der Waals surface area contributed by atoms with Gasteiger partial charge in [0.25, 0.3) is 0 Å². The Morgan fingerprint density at radius 1 is 1.07 bits per heavy atom. The Morgan fingerprint density at radius 2 is 1.80 bits per heavy atom. The van der Waals surface area contributed by atoms with Crippen LogP contribution in [0.4, 0.5) is 38.9 Å². The van der Waals surface area contributed by atoms with Crippen LogP contribution in [-0.4, -0.2) is 84.1 Å². The second-order valence-corrected chi connectivity index (χ2v) is 11.6. The average molecular weight is 614 g/mol. The van der Waals surface area contributed by atoms with Crippen LogP contribution >= 0.6 is 0 Å². The first-order chi connectivity index (χ1) is 21.7. The molecule has 0 radical (unpaired) electrons. The number of benzene rings is 2. The molecule has 0 saturated carbocycles. The molecular weight excluding hydrogens is 573 g/mol. The van der Waals surface area contributed by atoms with Crippen molar-refractivity contribution in [3.8, 4) is 11.8 Å². The van der Waals surface area contributed by atoms with Gasteiger partial charge in [-0.15, -0.1) is 0 Å². The number of nitrogens with zero attached hydrogens (tertiary/aromatic N) is 6. The maximum absolute atomic E-state index is 14.0. The highest BCUT2D eigenvalue weighted by atomic mass is 19.1. The molecule has 3 aromatic rings. The highest BCUT2D eigenvalue weighted by Crippen LogP contribution is 2.34. The van der Waals surface area contributed by atoms with E-state index in [1.807, 2.05) is 32.0 Å². The number of anilines is 6. The van der Waals surface area contributed by atoms with Gasteiger partial charge in [0.2, 0.25) is 11.9 Å². The topological polar surface area (TPSA) is 122 Å². The van der Waals surface area contributed by atoms with E-state index in [9.17, 15) is 14.4 Å². The van der Waals surface area contributed by atoms with E-state index in [4.69, 9.17) is 4.74 Å². The van der Waals surface area contributed by atoms with Crippen LogP contribution in [0.5, 0.6) is 5.75 Å². The lowest BCUT2D eigenvalue weighted by molar-refractivity contribution is -0.111. The van der Waals surface area contributed by atoms with Crippen molar-refractivity contribution < 1.29 is 13.9 Å². The first kappa shape index (κ1) is 31.7. The minimum Gasteiger partial charge on any atom is -0.489 e. The number of hydrogen-bond acceptors (Lipinski definition) is 10. The van der Waals surface area contributed by atoms with Gasteiger partial charge in [0.15, 0.2) is 5.82 Å². The minimum atomic E-state index is -0.446. The number of carbonyl (C=O) groups is 1. The number of piperidine rings is 1. The molecule has 236 valence electrons. The number of nitriles is 1. The van der Waals surface area contributed by atoms with Gasteiger partial charge < -0.3 is 30.5 Å². The number of nitrogens with one attached hydrogen (secondary N) is 3. The Balaban J connectivity index is 1.35. The van der Waals surface area contributed by atoms with Crippen molar-refractivity contribution in [1.29, 1.82) is 5.26 Å². The molecule has 2 aromatic carbocycles. The van der Waals surface area contributed by atoms with Crippen LogP contribution in [0.25, 0.3) is 0 Å². The van der Waals surface area contributed by atoms with Crippen LogP contribution in [0.1, 0.15) is 32.3 Å². The molecule has 0 atom stereocenters. The number of ether oxygens (including phenoxy) is 1. The molecule has 11 nitrogen and oxygen atoms in total. The highest BCUT2D eigenvalue weighted by molar-refractivity contribution is 6.02. The number of hydrogen-bond donors (Lipinski definition) is 3. The van der Waals surface area contributed by atoms with Crippen LogP contribution in [-0.2, 0) is 4.79 Å². The molecule has 1 amide bonds. The molecular formula is C33H40FN9O2. The smallest absolute Gasteiger partial charge is 0.247 e. The Morgan fingerprint density at radius 3 is 2.49 bits per heavy atom. The van der Waals surface area contributed by atoms with Crippen LogP contribution in [0.15, 0.2) is 55.3 Å². The summed E-state index contributed by atoms with van der Waals surface area (Å²) in [5, 5.41) is 18.9. The van der Waals surface area contributed by atoms with Crippen LogP contribution in [0.2, 0.25) is 0 Å². The van der Waals surface area contributed by atoms with Gasteiger partial charge in [-0.25, -0.2) is 9.37 Å². The molecule has 2 aliphatic heterocycles. The van der Waals surface area contributed by atoms with E-state index in [2.05, 4.69) is 60.3 Å². The SMILES string of the molecule is C=CC(=O)Nc1cc(N2CCC(N3CCN(C)CC3)CC2)ccc1Nc1ncc(C#N)c(Nc2ccc(F)cc2OC(C)C)n1. The van der Waals surface area contributed by atoms with Gasteiger partial charge in [0.05, 0.1) is 29.4 Å². The van der Waals surface area contributed by atoms with Crippen molar-refractivity contribution >= 4 is 40.4 Å². The van der Waals surface area contributed by atoms with E-state index in [0.29, 0.717) is 28.9 Å². The predicted molar refractivity (Wildman–Crippen MR) is 175 cm³/mol. The number of carbonyl (C=O) groups excluding carboxylic acids is 1. The van der Waals surface area contributed by atoms with Gasteiger partial charge in [-0.05, 0) is 70.1 Å². The van der Waals surface area contributed by atoms with Crippen molar-refractivity contribution in [2.45, 2.75) is 38.8 Å². The predicted octanol–water partition coefficient (Wildman–Crippen LogP) is 5.10. The zero-order valence-corrected chi connectivity index (χ0v) is 26.0. The summed E-state index contributed by atoms with van der Waals surface area (Å²) in [6.07, 6.45) is 4.60. The fraction of sp³-hybridized carbons (Fsp3) is 0.394. The third kappa shape index (κ3) is 8.06. The van der Waals surface area contributed by atoms with E-state index in [1.54, 1.807) is 0 Å². The van der Waals surface area contributed by atoms with Crippen LogP contribution < -0.4 is 25.6 Å². The van der Waals surface area contributed by atoms with Crippen molar-refractivity contribution in [2.75, 3.05) is 67.2 Å². The summed E-state index contributed by atoms with van der Waals surface area (Å²) < 4.78 is 19.7. The van der Waals surface area contributed by atoms with Crippen LogP contribution in [0.3, 0.4) is 0 Å². The van der Waals surface area contributed by atoms with Crippen molar-refractivity contribution in [3.05, 3.63) is 66.6 Å². The highest BCUT2D eigenvalue weighted by Gasteiger charge is 2.27. The van der Waals surface area contributed by atoms with E-state index >= 15 is 0 Å². The fourth-order valence-corrected chi connectivity index (χ4v) is 5.62. The van der Waals surface area contributed by atoms with Gasteiger partial charge in [-0.1, -0.05) is 6.58 Å². The van der Waals surface area contributed by atoms with Crippen molar-refractivity contribution in [3.63, 3.8) is 0 Å². The Bertz CT molecular complexity index is 1560. The molecule has 5 rings (SSSR count). The lowest BCUT2D eigenvalue weighted by Crippen LogP contribution is -2.52. The Labute approximate surface area is 263 Å². The lowest BCUT2D eigenvalue weighted by atomic mass is 10.0. The van der Waals surface area contributed by atoms with Crippen LogP contribution in [0, 0.1) is 17.1 Å². The van der Waals surface area contributed by atoms with Gasteiger partial charge in [-0.2, -0.15) is 10.2 Å². The lowest BCUT2D eigenvalue weighted by Gasteiger charge is -2.42. The first-order valence-corrected chi connectivity index (χ1v) is 15.2. The summed E-state index contributed by atoms with van der Waals surface area (Å²) >= 11 is 0. The zero-order chi connectivity index (χ0) is 31.9. The largest absolute Gasteiger partial charge is 0.489 e. The Kier molecular flexibility index (Phi) is 10.1. The van der Waals surface area contributed by atoms with Crippen molar-refractivity contribution in [1.82, 2.24) is 19.8 Å². The number of amides is 1. The molecule has 2 fully saturated rings. The average Bonchev–Trinajstić information content (AvgIpc) is 3.03. The van der Waals surface area contributed by atoms with E-state index in [1.165, 1.54) is 30.5 Å². The second kappa shape index (κ2) is 14.4. The zero-order valence-electron chi connectivity index (χ0n) is 26.0. The number of likely N-dealkylation sites (N-methyl/N-ethyl adjacent to an activating group) is 1. The fourth-order valence-electron chi connectivity index (χ4n) is 5.62.